The van der Waals surface area contributed by atoms with Crippen molar-refractivity contribution in [3.05, 3.63) is 5.69 Å². The van der Waals surface area contributed by atoms with Crippen molar-refractivity contribution >= 4 is 17.5 Å². The molecule has 1 unspecified atom stereocenters. The van der Waals surface area contributed by atoms with E-state index in [-0.39, 0.29) is 12.0 Å². The molecule has 1 atom stereocenters. The van der Waals surface area contributed by atoms with Crippen LogP contribution in [0.1, 0.15) is 33.4 Å². The Kier molecular flexibility index (Phi) is 3.80. The Hall–Kier alpha value is -1.90. The number of carbonyl (C=O) groups is 1. The van der Waals surface area contributed by atoms with Crippen molar-refractivity contribution in [1.29, 1.82) is 0 Å². The molecule has 1 N–H and O–H groups in total. The third kappa shape index (κ3) is 2.82. The first kappa shape index (κ1) is 14.5. The number of carboxylic acids is 1. The van der Waals surface area contributed by atoms with Crippen molar-refractivity contribution < 1.29 is 9.90 Å². The molecule has 0 amide bonds. The molecular weight excluding hydrogens is 280 g/mol. The summed E-state index contributed by atoms with van der Waals surface area (Å²) in [5.74, 6) is -0.945. The highest BCUT2D eigenvalue weighted by molar-refractivity contribution is 7.09. The molecule has 2 aromatic rings. The number of hydrogen-bond donors (Lipinski definition) is 1. The average molecular weight is 296 g/mol. The molecule has 2 rings (SSSR count). The van der Waals surface area contributed by atoms with Crippen LogP contribution in [0.15, 0.2) is 0 Å². The Morgan fingerprint density at radius 1 is 1.40 bits per heavy atom. The minimum Gasteiger partial charge on any atom is -0.481 e. The average Bonchev–Trinajstić information content (AvgIpc) is 2.94. The van der Waals surface area contributed by atoms with Gasteiger partial charge in [-0.1, -0.05) is 32.2 Å². The van der Waals surface area contributed by atoms with Crippen LogP contribution in [0.5, 0.6) is 0 Å². The van der Waals surface area contributed by atoms with Gasteiger partial charge in [0.05, 0.1) is 18.2 Å². The van der Waals surface area contributed by atoms with Gasteiger partial charge in [-0.3, -0.25) is 4.79 Å². The van der Waals surface area contributed by atoms with E-state index in [1.807, 2.05) is 20.8 Å². The summed E-state index contributed by atoms with van der Waals surface area (Å²) in [6, 6.07) is 0. The van der Waals surface area contributed by atoms with Crippen LogP contribution in [0.4, 0.5) is 0 Å². The van der Waals surface area contributed by atoms with Gasteiger partial charge in [0.15, 0.2) is 5.82 Å². The van der Waals surface area contributed by atoms with Crippen molar-refractivity contribution in [3.63, 3.8) is 0 Å². The van der Waals surface area contributed by atoms with E-state index in [9.17, 15) is 4.79 Å². The number of aliphatic carboxylic acids is 1. The molecule has 108 valence electrons. The molecule has 0 aromatic carbocycles. The minimum atomic E-state index is -0.884. The summed E-state index contributed by atoms with van der Waals surface area (Å²) in [5, 5.41) is 24.6. The molecule has 2 aromatic heterocycles. The van der Waals surface area contributed by atoms with Crippen molar-refractivity contribution in [3.8, 4) is 10.7 Å². The fourth-order valence-corrected chi connectivity index (χ4v) is 2.52. The molecule has 0 aliphatic carbocycles. The van der Waals surface area contributed by atoms with Crippen molar-refractivity contribution in [1.82, 2.24) is 29.8 Å². The van der Waals surface area contributed by atoms with Crippen LogP contribution >= 0.6 is 11.5 Å². The molecule has 0 aliphatic rings. The standard InChI is InChI=1S/C11H16N6O2S/c1-6(10(18)19)5-17-9(13-14-15-17)7-8(11(2,3)4)12-16-20-7/h6H,5H2,1-4H3,(H,18,19). The Balaban J connectivity index is 2.38. The van der Waals surface area contributed by atoms with E-state index in [4.69, 9.17) is 5.11 Å². The number of rotatable bonds is 4. The van der Waals surface area contributed by atoms with Crippen LogP contribution < -0.4 is 0 Å². The summed E-state index contributed by atoms with van der Waals surface area (Å²) < 4.78 is 5.46. The lowest BCUT2D eigenvalue weighted by Gasteiger charge is -2.16. The molecule has 0 spiro atoms. The van der Waals surface area contributed by atoms with Gasteiger partial charge < -0.3 is 5.11 Å². The van der Waals surface area contributed by atoms with Gasteiger partial charge in [-0.2, -0.15) is 0 Å². The molecule has 0 saturated carbocycles. The number of hydrogen-bond acceptors (Lipinski definition) is 7. The number of aromatic nitrogens is 6. The molecule has 0 radical (unpaired) electrons. The number of tetrazole rings is 1. The molecule has 0 saturated heterocycles. The van der Waals surface area contributed by atoms with E-state index in [1.165, 1.54) is 16.2 Å². The highest BCUT2D eigenvalue weighted by Gasteiger charge is 2.27. The van der Waals surface area contributed by atoms with Crippen molar-refractivity contribution in [2.45, 2.75) is 39.7 Å². The second-order valence-corrected chi connectivity index (χ2v) is 6.38. The monoisotopic (exact) mass is 296 g/mol. The predicted molar refractivity (Wildman–Crippen MR) is 72.2 cm³/mol. The van der Waals surface area contributed by atoms with Crippen molar-refractivity contribution in [2.24, 2.45) is 5.92 Å². The van der Waals surface area contributed by atoms with Crippen molar-refractivity contribution in [2.75, 3.05) is 0 Å². The van der Waals surface area contributed by atoms with Gasteiger partial charge in [-0.25, -0.2) is 4.68 Å². The zero-order chi connectivity index (χ0) is 14.9. The Morgan fingerprint density at radius 3 is 2.70 bits per heavy atom. The molecular formula is C11H16N6O2S. The Labute approximate surface area is 120 Å². The second kappa shape index (κ2) is 5.23. The van der Waals surface area contributed by atoms with Crippen LogP contribution in [-0.4, -0.2) is 40.9 Å². The lowest BCUT2D eigenvalue weighted by atomic mass is 9.91. The first-order valence-corrected chi connectivity index (χ1v) is 6.90. The first-order valence-electron chi connectivity index (χ1n) is 6.13. The van der Waals surface area contributed by atoms with Gasteiger partial charge in [-0.05, 0) is 22.0 Å². The van der Waals surface area contributed by atoms with E-state index >= 15 is 0 Å². The van der Waals surface area contributed by atoms with Crippen LogP contribution in [0.3, 0.4) is 0 Å². The second-order valence-electron chi connectivity index (χ2n) is 5.62. The molecule has 0 fully saturated rings. The normalized spacial score (nSPS) is 13.4. The van der Waals surface area contributed by atoms with Gasteiger partial charge >= 0.3 is 5.97 Å². The smallest absolute Gasteiger partial charge is 0.308 e. The van der Waals surface area contributed by atoms with Crippen LogP contribution in [-0.2, 0) is 16.8 Å². The number of carboxylic acid groups (broad SMARTS) is 1. The lowest BCUT2D eigenvalue weighted by Crippen LogP contribution is -2.19. The van der Waals surface area contributed by atoms with Gasteiger partial charge in [0.2, 0.25) is 0 Å². The summed E-state index contributed by atoms with van der Waals surface area (Å²) in [6.45, 7) is 7.91. The summed E-state index contributed by atoms with van der Waals surface area (Å²) in [5.41, 5.74) is 0.624. The Morgan fingerprint density at radius 2 is 2.10 bits per heavy atom. The summed E-state index contributed by atoms with van der Waals surface area (Å²) >= 11 is 1.21. The maximum Gasteiger partial charge on any atom is 0.308 e. The van der Waals surface area contributed by atoms with Gasteiger partial charge in [0.1, 0.15) is 4.88 Å². The zero-order valence-corrected chi connectivity index (χ0v) is 12.5. The van der Waals surface area contributed by atoms with Gasteiger partial charge in [0, 0.05) is 5.41 Å². The summed E-state index contributed by atoms with van der Waals surface area (Å²) in [6.07, 6.45) is 0. The van der Waals surface area contributed by atoms with E-state index < -0.39 is 11.9 Å². The molecule has 8 nitrogen and oxygen atoms in total. The summed E-state index contributed by atoms with van der Waals surface area (Å²) in [4.78, 5) is 11.7. The fourth-order valence-electron chi connectivity index (χ4n) is 1.66. The molecule has 2 heterocycles. The molecule has 0 aliphatic heterocycles. The van der Waals surface area contributed by atoms with Gasteiger partial charge in [0.25, 0.3) is 0 Å². The zero-order valence-electron chi connectivity index (χ0n) is 11.7. The highest BCUT2D eigenvalue weighted by atomic mass is 32.1. The van der Waals surface area contributed by atoms with E-state index in [0.29, 0.717) is 5.82 Å². The molecule has 0 bridgehead atoms. The Bertz CT molecular complexity index is 614. The first-order chi connectivity index (χ1) is 9.30. The van der Waals surface area contributed by atoms with E-state index in [2.05, 4.69) is 25.1 Å². The maximum atomic E-state index is 10.9. The fraction of sp³-hybridized carbons (Fsp3) is 0.636. The third-order valence-electron chi connectivity index (χ3n) is 2.80. The quantitative estimate of drug-likeness (QED) is 0.903. The SMILES string of the molecule is CC(Cn1nnnc1-c1snnc1C(C)(C)C)C(=O)O. The highest BCUT2D eigenvalue weighted by Crippen LogP contribution is 2.32. The molecule has 20 heavy (non-hydrogen) atoms. The van der Waals surface area contributed by atoms with Gasteiger partial charge in [-0.15, -0.1) is 10.2 Å². The predicted octanol–water partition coefficient (Wildman–Crippen LogP) is 1.21. The van der Waals surface area contributed by atoms with Crippen LogP contribution in [0.2, 0.25) is 0 Å². The number of nitrogens with zero attached hydrogens (tertiary/aromatic N) is 6. The largest absolute Gasteiger partial charge is 0.481 e. The minimum absolute atomic E-state index is 0.183. The summed E-state index contributed by atoms with van der Waals surface area (Å²) in [7, 11) is 0. The third-order valence-corrected chi connectivity index (χ3v) is 3.52. The van der Waals surface area contributed by atoms with Crippen LogP contribution in [0, 0.1) is 5.92 Å². The topological polar surface area (TPSA) is 107 Å². The van der Waals surface area contributed by atoms with E-state index in [1.54, 1.807) is 6.92 Å². The lowest BCUT2D eigenvalue weighted by molar-refractivity contribution is -0.141. The maximum absolute atomic E-state index is 10.9. The van der Waals surface area contributed by atoms with Crippen LogP contribution in [0.25, 0.3) is 10.7 Å². The van der Waals surface area contributed by atoms with E-state index in [0.717, 1.165) is 10.6 Å². The molecule has 9 heteroatoms.